The Balaban J connectivity index is 3.26. The van der Waals surface area contributed by atoms with Gasteiger partial charge in [-0.05, 0) is 19.8 Å². The standard InChI is InChI=1S/C9H16N2O2/c1-8(12)4-5-9(13)11-7-3-2-6-10/h8,12H,2-5,7H2,1H3,(H,11,13). The van der Waals surface area contributed by atoms with Crippen LogP contribution in [0, 0.1) is 11.3 Å². The molecule has 1 amide bonds. The van der Waals surface area contributed by atoms with Crippen LogP contribution in [0.5, 0.6) is 0 Å². The second kappa shape index (κ2) is 7.56. The van der Waals surface area contributed by atoms with Crippen LogP contribution in [0.25, 0.3) is 0 Å². The number of aliphatic hydroxyl groups is 1. The van der Waals surface area contributed by atoms with E-state index in [9.17, 15) is 4.79 Å². The number of rotatable bonds is 6. The largest absolute Gasteiger partial charge is 0.393 e. The Bertz CT molecular complexity index is 185. The van der Waals surface area contributed by atoms with Gasteiger partial charge in [-0.15, -0.1) is 0 Å². The minimum atomic E-state index is -0.426. The zero-order chi connectivity index (χ0) is 10.1. The molecule has 0 heterocycles. The number of nitrogens with zero attached hydrogens (tertiary/aromatic N) is 1. The molecule has 0 spiro atoms. The van der Waals surface area contributed by atoms with Crippen LogP contribution in [0.3, 0.4) is 0 Å². The van der Waals surface area contributed by atoms with Crippen molar-refractivity contribution in [2.75, 3.05) is 6.54 Å². The van der Waals surface area contributed by atoms with Crippen LogP contribution >= 0.6 is 0 Å². The van der Waals surface area contributed by atoms with Crippen molar-refractivity contribution in [3.05, 3.63) is 0 Å². The SMILES string of the molecule is CC(O)CCC(=O)NCCCC#N. The topological polar surface area (TPSA) is 73.1 Å². The summed E-state index contributed by atoms with van der Waals surface area (Å²) in [5.41, 5.74) is 0. The van der Waals surface area contributed by atoms with Gasteiger partial charge in [0.15, 0.2) is 0 Å². The molecule has 4 heteroatoms. The molecule has 0 aromatic carbocycles. The van der Waals surface area contributed by atoms with E-state index in [-0.39, 0.29) is 5.91 Å². The predicted molar refractivity (Wildman–Crippen MR) is 48.8 cm³/mol. The van der Waals surface area contributed by atoms with Gasteiger partial charge in [-0.2, -0.15) is 5.26 Å². The van der Waals surface area contributed by atoms with Crippen molar-refractivity contribution in [1.29, 1.82) is 5.26 Å². The Kier molecular flexibility index (Phi) is 6.93. The van der Waals surface area contributed by atoms with Gasteiger partial charge in [0.1, 0.15) is 0 Å². The van der Waals surface area contributed by atoms with Gasteiger partial charge in [-0.3, -0.25) is 4.79 Å². The summed E-state index contributed by atoms with van der Waals surface area (Å²) in [6.45, 7) is 2.20. The van der Waals surface area contributed by atoms with Crippen molar-refractivity contribution in [1.82, 2.24) is 5.32 Å². The van der Waals surface area contributed by atoms with Crippen molar-refractivity contribution in [3.8, 4) is 6.07 Å². The van der Waals surface area contributed by atoms with E-state index in [2.05, 4.69) is 5.32 Å². The van der Waals surface area contributed by atoms with Gasteiger partial charge < -0.3 is 10.4 Å². The third-order valence-corrected chi connectivity index (χ3v) is 1.58. The molecule has 0 aromatic rings. The van der Waals surface area contributed by atoms with Gasteiger partial charge in [-0.25, -0.2) is 0 Å². The maximum Gasteiger partial charge on any atom is 0.220 e. The molecular formula is C9H16N2O2. The molecular weight excluding hydrogens is 168 g/mol. The third-order valence-electron chi connectivity index (χ3n) is 1.58. The fourth-order valence-corrected chi connectivity index (χ4v) is 0.824. The number of hydrogen-bond acceptors (Lipinski definition) is 3. The molecule has 0 aliphatic rings. The number of carbonyl (C=O) groups is 1. The van der Waals surface area contributed by atoms with Crippen molar-refractivity contribution in [3.63, 3.8) is 0 Å². The van der Waals surface area contributed by atoms with Crippen LogP contribution in [0.1, 0.15) is 32.6 Å². The summed E-state index contributed by atoms with van der Waals surface area (Å²) in [4.78, 5) is 11.0. The van der Waals surface area contributed by atoms with Gasteiger partial charge in [0.05, 0.1) is 12.2 Å². The summed E-state index contributed by atoms with van der Waals surface area (Å²) in [5.74, 6) is -0.0566. The number of nitriles is 1. The minimum absolute atomic E-state index is 0.0566. The second-order valence-corrected chi connectivity index (χ2v) is 3.00. The molecule has 0 aromatic heterocycles. The molecule has 4 nitrogen and oxygen atoms in total. The van der Waals surface area contributed by atoms with Gasteiger partial charge in [-0.1, -0.05) is 0 Å². The van der Waals surface area contributed by atoms with E-state index < -0.39 is 6.10 Å². The van der Waals surface area contributed by atoms with Crippen molar-refractivity contribution >= 4 is 5.91 Å². The van der Waals surface area contributed by atoms with Crippen LogP contribution in [-0.4, -0.2) is 23.7 Å². The first-order valence-corrected chi connectivity index (χ1v) is 4.48. The average Bonchev–Trinajstić information content (AvgIpc) is 2.09. The monoisotopic (exact) mass is 184 g/mol. The summed E-state index contributed by atoms with van der Waals surface area (Å²) in [5, 5.41) is 19.8. The molecule has 74 valence electrons. The van der Waals surface area contributed by atoms with Gasteiger partial charge in [0.25, 0.3) is 0 Å². The summed E-state index contributed by atoms with van der Waals surface area (Å²) >= 11 is 0. The fraction of sp³-hybridized carbons (Fsp3) is 0.778. The van der Waals surface area contributed by atoms with Crippen molar-refractivity contribution < 1.29 is 9.90 Å². The molecule has 13 heavy (non-hydrogen) atoms. The Morgan fingerprint density at radius 2 is 2.38 bits per heavy atom. The highest BCUT2D eigenvalue weighted by Crippen LogP contribution is 1.95. The van der Waals surface area contributed by atoms with Crippen LogP contribution in [0.15, 0.2) is 0 Å². The molecule has 0 fully saturated rings. The molecule has 0 saturated carbocycles. The van der Waals surface area contributed by atoms with E-state index in [1.807, 2.05) is 6.07 Å². The van der Waals surface area contributed by atoms with Crippen molar-refractivity contribution in [2.24, 2.45) is 0 Å². The molecule has 1 atom stereocenters. The number of aliphatic hydroxyl groups excluding tert-OH is 1. The number of hydrogen-bond donors (Lipinski definition) is 2. The summed E-state index contributed by atoms with van der Waals surface area (Å²) in [7, 11) is 0. The lowest BCUT2D eigenvalue weighted by Crippen LogP contribution is -2.24. The molecule has 0 rings (SSSR count). The van der Waals surface area contributed by atoms with Crippen LogP contribution in [-0.2, 0) is 4.79 Å². The molecule has 0 saturated heterocycles. The van der Waals surface area contributed by atoms with Gasteiger partial charge in [0.2, 0.25) is 5.91 Å². The maximum atomic E-state index is 11.0. The summed E-state index contributed by atoms with van der Waals surface area (Å²) in [6, 6.07) is 2.00. The normalized spacial score (nSPS) is 11.8. The lowest BCUT2D eigenvalue weighted by atomic mass is 10.2. The quantitative estimate of drug-likeness (QED) is 0.592. The van der Waals surface area contributed by atoms with Crippen LogP contribution in [0.4, 0.5) is 0 Å². The van der Waals surface area contributed by atoms with E-state index in [1.165, 1.54) is 0 Å². The van der Waals surface area contributed by atoms with E-state index in [4.69, 9.17) is 10.4 Å². The first-order valence-electron chi connectivity index (χ1n) is 4.48. The Hall–Kier alpha value is -1.08. The summed E-state index contributed by atoms with van der Waals surface area (Å²) in [6.07, 6.45) is 1.58. The fourth-order valence-electron chi connectivity index (χ4n) is 0.824. The highest BCUT2D eigenvalue weighted by atomic mass is 16.3. The number of unbranched alkanes of at least 4 members (excludes halogenated alkanes) is 1. The van der Waals surface area contributed by atoms with E-state index in [0.717, 1.165) is 0 Å². The number of nitrogens with one attached hydrogen (secondary N) is 1. The smallest absolute Gasteiger partial charge is 0.220 e. The number of amides is 1. The van der Waals surface area contributed by atoms with Gasteiger partial charge >= 0.3 is 0 Å². The Morgan fingerprint density at radius 3 is 2.92 bits per heavy atom. The molecule has 0 radical (unpaired) electrons. The van der Waals surface area contributed by atoms with Crippen LogP contribution < -0.4 is 5.32 Å². The molecule has 0 bridgehead atoms. The van der Waals surface area contributed by atoms with E-state index in [0.29, 0.717) is 32.2 Å². The first-order chi connectivity index (χ1) is 6.16. The molecule has 0 aliphatic heterocycles. The highest BCUT2D eigenvalue weighted by Gasteiger charge is 2.02. The molecule has 1 unspecified atom stereocenters. The lowest BCUT2D eigenvalue weighted by Gasteiger charge is -2.04. The summed E-state index contributed by atoms with van der Waals surface area (Å²) < 4.78 is 0. The van der Waals surface area contributed by atoms with E-state index >= 15 is 0 Å². The van der Waals surface area contributed by atoms with Gasteiger partial charge in [0, 0.05) is 19.4 Å². The maximum absolute atomic E-state index is 11.0. The van der Waals surface area contributed by atoms with E-state index in [1.54, 1.807) is 6.92 Å². The molecule has 2 N–H and O–H groups in total. The first kappa shape index (κ1) is 11.9. The zero-order valence-electron chi connectivity index (χ0n) is 7.92. The minimum Gasteiger partial charge on any atom is -0.393 e. The third kappa shape index (κ3) is 8.83. The lowest BCUT2D eigenvalue weighted by molar-refractivity contribution is -0.121. The van der Waals surface area contributed by atoms with Crippen molar-refractivity contribution in [2.45, 2.75) is 38.7 Å². The zero-order valence-corrected chi connectivity index (χ0v) is 7.92. The Morgan fingerprint density at radius 1 is 1.69 bits per heavy atom. The second-order valence-electron chi connectivity index (χ2n) is 3.00. The highest BCUT2D eigenvalue weighted by molar-refractivity contribution is 5.75. The van der Waals surface area contributed by atoms with Crippen LogP contribution in [0.2, 0.25) is 0 Å². The molecule has 0 aliphatic carbocycles. The average molecular weight is 184 g/mol. The predicted octanol–water partition coefficient (Wildman–Crippen LogP) is 0.567. The number of carbonyl (C=O) groups excluding carboxylic acids is 1. The Labute approximate surface area is 78.6 Å².